The minimum atomic E-state index is -3.87. The van der Waals surface area contributed by atoms with Gasteiger partial charge in [-0.15, -0.1) is 0 Å². The molecule has 0 aromatic heterocycles. The van der Waals surface area contributed by atoms with Crippen LogP contribution in [0.2, 0.25) is 0 Å². The van der Waals surface area contributed by atoms with Gasteiger partial charge in [0.25, 0.3) is 0 Å². The predicted molar refractivity (Wildman–Crippen MR) is 84.6 cm³/mol. The van der Waals surface area contributed by atoms with Crippen molar-refractivity contribution in [2.75, 3.05) is 19.3 Å². The second-order valence-electron chi connectivity index (χ2n) is 5.99. The average molecular weight is 364 g/mol. The fraction of sp³-hybridized carbons (Fsp3) is 0.571. The largest absolute Gasteiger partial charge is 0.328 e. The van der Waals surface area contributed by atoms with Crippen LogP contribution in [-0.2, 0) is 19.9 Å². The van der Waals surface area contributed by atoms with Gasteiger partial charge in [-0.05, 0) is 43.9 Å². The molecule has 0 spiro atoms. The topological polar surface area (TPSA) is 97.5 Å². The Morgan fingerprint density at radius 1 is 1.30 bits per heavy atom. The highest BCUT2D eigenvalue weighted by Gasteiger charge is 2.32. The van der Waals surface area contributed by atoms with Gasteiger partial charge in [-0.3, -0.25) is 0 Å². The maximum Gasteiger partial charge on any atom is 0.243 e. The van der Waals surface area contributed by atoms with Crippen molar-refractivity contribution in [2.24, 2.45) is 11.7 Å². The minimum Gasteiger partial charge on any atom is -0.328 e. The van der Waals surface area contributed by atoms with Crippen molar-refractivity contribution in [3.05, 3.63) is 24.0 Å². The lowest BCUT2D eigenvalue weighted by Crippen LogP contribution is -2.44. The summed E-state index contributed by atoms with van der Waals surface area (Å²) in [4.78, 5) is -0.753. The summed E-state index contributed by atoms with van der Waals surface area (Å²) in [6.07, 6.45) is 2.41. The van der Waals surface area contributed by atoms with Crippen molar-refractivity contribution in [3.8, 4) is 0 Å². The first-order valence-electron chi connectivity index (χ1n) is 7.29. The second-order valence-corrected chi connectivity index (χ2v) is 9.91. The number of hydrogen-bond acceptors (Lipinski definition) is 5. The summed E-state index contributed by atoms with van der Waals surface area (Å²) < 4.78 is 63.4. The quantitative estimate of drug-likeness (QED) is 0.859. The fourth-order valence-corrected chi connectivity index (χ4v) is 4.99. The molecule has 0 saturated carbocycles. The lowest BCUT2D eigenvalue weighted by molar-refractivity contribution is 0.243. The number of piperidine rings is 1. The Kier molecular flexibility index (Phi) is 5.15. The Bertz CT molecular complexity index is 791. The molecule has 0 unspecified atom stereocenters. The Hall–Kier alpha value is -1.03. The van der Waals surface area contributed by atoms with E-state index in [1.54, 1.807) is 0 Å². The summed E-state index contributed by atoms with van der Waals surface area (Å²) in [5, 5.41) is 0. The first-order valence-corrected chi connectivity index (χ1v) is 10.6. The van der Waals surface area contributed by atoms with E-state index in [0.717, 1.165) is 30.9 Å². The first-order chi connectivity index (χ1) is 10.5. The molecule has 1 aromatic rings. The van der Waals surface area contributed by atoms with E-state index < -0.39 is 30.6 Å². The molecule has 0 radical (unpaired) electrons. The third-order valence-electron chi connectivity index (χ3n) is 4.10. The molecule has 23 heavy (non-hydrogen) atoms. The van der Waals surface area contributed by atoms with Crippen molar-refractivity contribution in [1.82, 2.24) is 4.31 Å². The van der Waals surface area contributed by atoms with Crippen LogP contribution in [0.1, 0.15) is 19.8 Å². The maximum absolute atomic E-state index is 14.0. The Labute approximate surface area is 136 Å². The van der Waals surface area contributed by atoms with Gasteiger partial charge in [0.05, 0.1) is 4.90 Å². The molecule has 1 saturated heterocycles. The molecule has 1 aliphatic heterocycles. The number of rotatable bonds is 4. The van der Waals surface area contributed by atoms with E-state index in [9.17, 15) is 21.2 Å². The third kappa shape index (κ3) is 3.90. The number of nitrogens with zero attached hydrogens (tertiary/aromatic N) is 1. The molecule has 2 atom stereocenters. The van der Waals surface area contributed by atoms with Crippen LogP contribution in [0.15, 0.2) is 28.0 Å². The van der Waals surface area contributed by atoms with E-state index in [-0.39, 0.29) is 23.4 Å². The van der Waals surface area contributed by atoms with Crippen LogP contribution in [-0.4, -0.2) is 46.5 Å². The van der Waals surface area contributed by atoms with E-state index >= 15 is 0 Å². The van der Waals surface area contributed by atoms with Crippen molar-refractivity contribution in [1.29, 1.82) is 0 Å². The summed E-state index contributed by atoms with van der Waals surface area (Å²) in [5.41, 5.74) is 5.85. The monoisotopic (exact) mass is 364 g/mol. The van der Waals surface area contributed by atoms with Gasteiger partial charge in [-0.1, -0.05) is 0 Å². The minimum absolute atomic E-state index is 0.0543. The summed E-state index contributed by atoms with van der Waals surface area (Å²) in [7, 11) is -7.61. The molecule has 1 aliphatic rings. The molecule has 0 bridgehead atoms. The zero-order valence-corrected chi connectivity index (χ0v) is 14.7. The second kappa shape index (κ2) is 6.46. The highest BCUT2D eigenvalue weighted by atomic mass is 32.2. The van der Waals surface area contributed by atoms with E-state index in [1.807, 2.05) is 6.92 Å². The highest BCUT2D eigenvalue weighted by molar-refractivity contribution is 7.90. The molecule has 1 heterocycles. The van der Waals surface area contributed by atoms with Gasteiger partial charge in [-0.2, -0.15) is 4.31 Å². The zero-order chi connectivity index (χ0) is 17.4. The standard InChI is InChI=1S/C14H21FN2O4S2/c1-10(16)11-4-3-7-17(9-11)23(20,21)12-5-6-14(13(15)8-12)22(2,18)19/h5-6,8,10-11H,3-4,7,9,16H2,1-2H3/t10-,11+/m0/s1. The molecule has 0 amide bonds. The predicted octanol–water partition coefficient (Wildman–Crippen LogP) is 0.977. The molecule has 0 aliphatic carbocycles. The van der Waals surface area contributed by atoms with Crippen LogP contribution >= 0.6 is 0 Å². The molecule has 9 heteroatoms. The van der Waals surface area contributed by atoms with Gasteiger partial charge in [0.1, 0.15) is 10.7 Å². The first kappa shape index (κ1) is 18.3. The Morgan fingerprint density at radius 2 is 1.96 bits per heavy atom. The van der Waals surface area contributed by atoms with E-state index in [1.165, 1.54) is 4.31 Å². The number of halogens is 1. The lowest BCUT2D eigenvalue weighted by atomic mass is 9.93. The lowest BCUT2D eigenvalue weighted by Gasteiger charge is -2.33. The summed E-state index contributed by atoms with van der Waals surface area (Å²) in [5.74, 6) is -1.01. The summed E-state index contributed by atoms with van der Waals surface area (Å²) in [6, 6.07) is 2.76. The fourth-order valence-electron chi connectivity index (χ4n) is 2.71. The highest BCUT2D eigenvalue weighted by Crippen LogP contribution is 2.26. The SMILES string of the molecule is C[C@H](N)[C@@H]1CCCN(S(=O)(=O)c2ccc(S(C)(=O)=O)c(F)c2)C1. The number of hydrogen-bond donors (Lipinski definition) is 1. The Balaban J connectivity index is 2.35. The van der Waals surface area contributed by atoms with Crippen molar-refractivity contribution >= 4 is 19.9 Å². The van der Waals surface area contributed by atoms with Gasteiger partial charge < -0.3 is 5.73 Å². The number of nitrogens with two attached hydrogens (primary N) is 1. The molecule has 6 nitrogen and oxygen atoms in total. The molecular weight excluding hydrogens is 343 g/mol. The van der Waals surface area contributed by atoms with Crippen LogP contribution in [0.25, 0.3) is 0 Å². The smallest absolute Gasteiger partial charge is 0.243 e. The van der Waals surface area contributed by atoms with Crippen LogP contribution < -0.4 is 5.73 Å². The molecule has 2 N–H and O–H groups in total. The van der Waals surface area contributed by atoms with Crippen LogP contribution in [0.5, 0.6) is 0 Å². The molecule has 1 aromatic carbocycles. The normalized spacial score (nSPS) is 22.0. The maximum atomic E-state index is 14.0. The van der Waals surface area contributed by atoms with Gasteiger partial charge in [0.2, 0.25) is 10.0 Å². The Morgan fingerprint density at radius 3 is 2.48 bits per heavy atom. The zero-order valence-electron chi connectivity index (χ0n) is 13.1. The molecule has 130 valence electrons. The number of sulfone groups is 1. The van der Waals surface area contributed by atoms with Gasteiger partial charge >= 0.3 is 0 Å². The van der Waals surface area contributed by atoms with Crippen LogP contribution in [0, 0.1) is 11.7 Å². The van der Waals surface area contributed by atoms with Gasteiger partial charge in [-0.25, -0.2) is 21.2 Å². The van der Waals surface area contributed by atoms with Crippen LogP contribution in [0.3, 0.4) is 0 Å². The number of benzene rings is 1. The van der Waals surface area contributed by atoms with E-state index in [4.69, 9.17) is 5.73 Å². The van der Waals surface area contributed by atoms with E-state index in [0.29, 0.717) is 13.0 Å². The molecular formula is C14H21FN2O4S2. The summed E-state index contributed by atoms with van der Waals surface area (Å²) >= 11 is 0. The number of sulfonamides is 1. The van der Waals surface area contributed by atoms with Gasteiger partial charge in [0, 0.05) is 25.4 Å². The van der Waals surface area contributed by atoms with Crippen molar-refractivity contribution in [2.45, 2.75) is 35.6 Å². The van der Waals surface area contributed by atoms with Crippen molar-refractivity contribution < 1.29 is 21.2 Å². The van der Waals surface area contributed by atoms with Crippen molar-refractivity contribution in [3.63, 3.8) is 0 Å². The average Bonchev–Trinajstić information content (AvgIpc) is 2.45. The molecule has 2 rings (SSSR count). The molecule has 1 fully saturated rings. The summed E-state index contributed by atoms with van der Waals surface area (Å²) in [6.45, 7) is 2.47. The van der Waals surface area contributed by atoms with Crippen LogP contribution in [0.4, 0.5) is 4.39 Å². The van der Waals surface area contributed by atoms with Gasteiger partial charge in [0.15, 0.2) is 9.84 Å². The third-order valence-corrected chi connectivity index (χ3v) is 7.10. The van der Waals surface area contributed by atoms with E-state index in [2.05, 4.69) is 0 Å².